The van der Waals surface area contributed by atoms with Gasteiger partial charge in [0.1, 0.15) is 17.5 Å². The summed E-state index contributed by atoms with van der Waals surface area (Å²) in [7, 11) is 0. The molecular formula is C26H27NO3. The van der Waals surface area contributed by atoms with E-state index in [9.17, 15) is 4.79 Å². The van der Waals surface area contributed by atoms with Gasteiger partial charge in [-0.1, -0.05) is 66.7 Å². The Balaban J connectivity index is 1.58. The van der Waals surface area contributed by atoms with Crippen molar-refractivity contribution < 1.29 is 14.3 Å². The van der Waals surface area contributed by atoms with E-state index < -0.39 is 11.7 Å². The molecule has 2 unspecified atom stereocenters. The average Bonchev–Trinajstić information content (AvgIpc) is 3.04. The van der Waals surface area contributed by atoms with Crippen LogP contribution in [0.4, 0.5) is 4.79 Å². The summed E-state index contributed by atoms with van der Waals surface area (Å²) in [6.07, 6.45) is 0.00466. The third-order valence-corrected chi connectivity index (χ3v) is 5.07. The van der Waals surface area contributed by atoms with Gasteiger partial charge in [0.05, 0.1) is 6.04 Å². The number of fused-ring (bicyclic) bond motifs is 1. The molecule has 0 aliphatic heterocycles. The molecule has 1 aliphatic rings. The molecule has 1 aliphatic carbocycles. The minimum atomic E-state index is -0.546. The highest BCUT2D eigenvalue weighted by Crippen LogP contribution is 2.36. The fourth-order valence-corrected chi connectivity index (χ4v) is 3.82. The van der Waals surface area contributed by atoms with E-state index >= 15 is 0 Å². The molecule has 1 amide bonds. The summed E-state index contributed by atoms with van der Waals surface area (Å²) in [6.45, 7) is 5.58. The standard InChI is InChI=1S/C26H27NO3/c1-26(2,3)30-25(28)27-23-17-20-12-7-8-15-22(20)24(23)29-21-14-9-13-19(16-21)18-10-5-4-6-11-18/h4-16,23-24H,17H2,1-3H3,(H,27,28). The minimum absolute atomic E-state index is 0.197. The number of amides is 1. The summed E-state index contributed by atoms with van der Waals surface area (Å²) in [6, 6.07) is 26.3. The molecule has 3 aromatic carbocycles. The van der Waals surface area contributed by atoms with E-state index in [1.807, 2.05) is 69.3 Å². The first-order valence-electron chi connectivity index (χ1n) is 10.3. The topological polar surface area (TPSA) is 47.6 Å². The Kier molecular flexibility index (Phi) is 5.49. The molecule has 1 N–H and O–H groups in total. The lowest BCUT2D eigenvalue weighted by molar-refractivity contribution is 0.0456. The van der Waals surface area contributed by atoms with Gasteiger partial charge in [-0.3, -0.25) is 0 Å². The highest BCUT2D eigenvalue weighted by Gasteiger charge is 2.36. The van der Waals surface area contributed by atoms with Gasteiger partial charge in [-0.25, -0.2) is 4.79 Å². The lowest BCUT2D eigenvalue weighted by Crippen LogP contribution is -2.42. The zero-order valence-corrected chi connectivity index (χ0v) is 17.6. The van der Waals surface area contributed by atoms with Gasteiger partial charge in [-0.2, -0.15) is 0 Å². The third kappa shape index (κ3) is 4.65. The number of nitrogens with one attached hydrogen (secondary N) is 1. The van der Waals surface area contributed by atoms with Gasteiger partial charge in [0.2, 0.25) is 0 Å². The number of rotatable bonds is 4. The van der Waals surface area contributed by atoms with E-state index in [1.54, 1.807) is 0 Å². The summed E-state index contributed by atoms with van der Waals surface area (Å²) in [5.41, 5.74) is 3.97. The van der Waals surface area contributed by atoms with Crippen LogP contribution in [0.25, 0.3) is 11.1 Å². The third-order valence-electron chi connectivity index (χ3n) is 5.07. The van der Waals surface area contributed by atoms with E-state index in [4.69, 9.17) is 9.47 Å². The number of ether oxygens (including phenoxy) is 2. The average molecular weight is 402 g/mol. The van der Waals surface area contributed by atoms with Crippen LogP contribution in [-0.4, -0.2) is 17.7 Å². The molecule has 0 aromatic heterocycles. The number of carbonyl (C=O) groups excluding carboxylic acids is 1. The quantitative estimate of drug-likeness (QED) is 0.590. The Morgan fingerprint density at radius 3 is 2.37 bits per heavy atom. The zero-order chi connectivity index (χ0) is 21.1. The van der Waals surface area contributed by atoms with Crippen molar-refractivity contribution in [2.24, 2.45) is 0 Å². The van der Waals surface area contributed by atoms with Crippen molar-refractivity contribution in [1.29, 1.82) is 0 Å². The predicted octanol–water partition coefficient (Wildman–Crippen LogP) is 5.92. The van der Waals surface area contributed by atoms with E-state index in [0.29, 0.717) is 6.42 Å². The molecule has 0 radical (unpaired) electrons. The smallest absolute Gasteiger partial charge is 0.408 e. The van der Waals surface area contributed by atoms with E-state index in [-0.39, 0.29) is 12.1 Å². The van der Waals surface area contributed by atoms with Crippen LogP contribution < -0.4 is 10.1 Å². The van der Waals surface area contributed by atoms with Crippen LogP contribution in [-0.2, 0) is 11.2 Å². The van der Waals surface area contributed by atoms with Gasteiger partial charge in [0.25, 0.3) is 0 Å². The first-order valence-corrected chi connectivity index (χ1v) is 10.3. The van der Waals surface area contributed by atoms with Crippen molar-refractivity contribution in [3.63, 3.8) is 0 Å². The van der Waals surface area contributed by atoms with Crippen LogP contribution >= 0.6 is 0 Å². The Morgan fingerprint density at radius 1 is 0.900 bits per heavy atom. The summed E-state index contributed by atoms with van der Waals surface area (Å²) < 4.78 is 11.9. The van der Waals surface area contributed by atoms with Gasteiger partial charge in [-0.05, 0) is 61.6 Å². The monoisotopic (exact) mass is 401 g/mol. The van der Waals surface area contributed by atoms with Crippen LogP contribution in [0.1, 0.15) is 38.0 Å². The molecule has 0 saturated carbocycles. The van der Waals surface area contributed by atoms with E-state index in [0.717, 1.165) is 22.4 Å². The Hall–Kier alpha value is -3.27. The van der Waals surface area contributed by atoms with Crippen molar-refractivity contribution >= 4 is 6.09 Å². The lowest BCUT2D eigenvalue weighted by atomic mass is 10.1. The first-order chi connectivity index (χ1) is 14.4. The zero-order valence-electron chi connectivity index (χ0n) is 17.6. The first kappa shape index (κ1) is 20.0. The SMILES string of the molecule is CC(C)(C)OC(=O)NC1Cc2ccccc2C1Oc1cccc(-c2ccccc2)c1. The van der Waals surface area contributed by atoms with Crippen molar-refractivity contribution in [2.45, 2.75) is 44.9 Å². The lowest BCUT2D eigenvalue weighted by Gasteiger charge is -2.26. The highest BCUT2D eigenvalue weighted by atomic mass is 16.6. The maximum Gasteiger partial charge on any atom is 0.408 e. The van der Waals surface area contributed by atoms with Crippen LogP contribution in [0.3, 0.4) is 0 Å². The number of hydrogen-bond acceptors (Lipinski definition) is 3. The van der Waals surface area contributed by atoms with Crippen LogP contribution in [0, 0.1) is 0 Å². The van der Waals surface area contributed by atoms with Crippen molar-refractivity contribution in [3.05, 3.63) is 90.0 Å². The molecule has 3 aromatic rings. The molecule has 30 heavy (non-hydrogen) atoms. The molecule has 154 valence electrons. The molecule has 4 nitrogen and oxygen atoms in total. The number of hydrogen-bond donors (Lipinski definition) is 1. The number of benzene rings is 3. The summed E-state index contributed by atoms with van der Waals surface area (Å²) in [5.74, 6) is 0.772. The van der Waals surface area contributed by atoms with Gasteiger partial charge in [0.15, 0.2) is 0 Å². The molecule has 2 atom stereocenters. The van der Waals surface area contributed by atoms with Crippen molar-refractivity contribution in [2.75, 3.05) is 0 Å². The van der Waals surface area contributed by atoms with Gasteiger partial charge < -0.3 is 14.8 Å². The Morgan fingerprint density at radius 2 is 1.60 bits per heavy atom. The molecule has 4 rings (SSSR count). The normalized spacial score (nSPS) is 17.8. The Bertz CT molecular complexity index is 1020. The maximum absolute atomic E-state index is 12.4. The fourth-order valence-electron chi connectivity index (χ4n) is 3.82. The number of carbonyl (C=O) groups is 1. The second-order valence-electron chi connectivity index (χ2n) is 8.59. The summed E-state index contributed by atoms with van der Waals surface area (Å²) in [4.78, 5) is 12.4. The molecule has 0 saturated heterocycles. The fraction of sp³-hybridized carbons (Fsp3) is 0.269. The van der Waals surface area contributed by atoms with Gasteiger partial charge >= 0.3 is 6.09 Å². The largest absolute Gasteiger partial charge is 0.484 e. The second-order valence-corrected chi connectivity index (χ2v) is 8.59. The van der Waals surface area contributed by atoms with Crippen LogP contribution in [0.15, 0.2) is 78.9 Å². The van der Waals surface area contributed by atoms with Crippen molar-refractivity contribution in [3.8, 4) is 16.9 Å². The predicted molar refractivity (Wildman–Crippen MR) is 119 cm³/mol. The van der Waals surface area contributed by atoms with E-state index in [1.165, 1.54) is 5.56 Å². The molecule has 4 heteroatoms. The van der Waals surface area contributed by atoms with Gasteiger partial charge in [0, 0.05) is 0 Å². The van der Waals surface area contributed by atoms with E-state index in [2.05, 4.69) is 35.6 Å². The Labute approximate surface area is 177 Å². The molecule has 0 spiro atoms. The summed E-state index contributed by atoms with van der Waals surface area (Å²) in [5, 5.41) is 3.01. The van der Waals surface area contributed by atoms with Crippen molar-refractivity contribution in [1.82, 2.24) is 5.32 Å². The van der Waals surface area contributed by atoms with Crippen LogP contribution in [0.2, 0.25) is 0 Å². The second kappa shape index (κ2) is 8.23. The molecule has 0 fully saturated rings. The molecular weight excluding hydrogens is 374 g/mol. The maximum atomic E-state index is 12.4. The molecule has 0 heterocycles. The summed E-state index contributed by atoms with van der Waals surface area (Å²) >= 11 is 0. The highest BCUT2D eigenvalue weighted by molar-refractivity contribution is 5.69. The molecule has 0 bridgehead atoms. The minimum Gasteiger partial charge on any atom is -0.484 e. The number of alkyl carbamates (subject to hydrolysis) is 1. The van der Waals surface area contributed by atoms with Crippen LogP contribution in [0.5, 0.6) is 5.75 Å². The van der Waals surface area contributed by atoms with Gasteiger partial charge in [-0.15, -0.1) is 0 Å².